The molecule has 32 heavy (non-hydrogen) atoms. The molecular formula is C24H25N3O3S2. The van der Waals surface area contributed by atoms with Crippen LogP contribution in [0.1, 0.15) is 30.1 Å². The van der Waals surface area contributed by atoms with Gasteiger partial charge in [0.25, 0.3) is 5.91 Å². The molecule has 1 heterocycles. The van der Waals surface area contributed by atoms with Gasteiger partial charge in [0.15, 0.2) is 4.80 Å². The molecule has 6 nitrogen and oxygen atoms in total. The number of hydrogen-bond donors (Lipinski definition) is 0. The minimum absolute atomic E-state index is 0.173. The number of nitrogens with zero attached hydrogens (tertiary/aromatic N) is 3. The van der Waals surface area contributed by atoms with E-state index in [0.717, 1.165) is 33.8 Å². The summed E-state index contributed by atoms with van der Waals surface area (Å²) in [5.41, 5.74) is 1.36. The molecular weight excluding hydrogens is 442 g/mol. The van der Waals surface area contributed by atoms with Gasteiger partial charge in [-0.3, -0.25) is 4.79 Å². The van der Waals surface area contributed by atoms with Gasteiger partial charge in [0, 0.05) is 31.6 Å². The van der Waals surface area contributed by atoms with Gasteiger partial charge in [0.2, 0.25) is 10.0 Å². The second-order valence-electron chi connectivity index (χ2n) is 7.70. The van der Waals surface area contributed by atoms with Crippen molar-refractivity contribution in [3.63, 3.8) is 0 Å². The second kappa shape index (κ2) is 8.97. The lowest BCUT2D eigenvalue weighted by Gasteiger charge is -2.16. The normalized spacial score (nSPS) is 12.8. The Balaban J connectivity index is 1.66. The Hall–Kier alpha value is -2.81. The van der Waals surface area contributed by atoms with Crippen molar-refractivity contribution >= 4 is 48.3 Å². The lowest BCUT2D eigenvalue weighted by molar-refractivity contribution is 0.0998. The summed E-state index contributed by atoms with van der Waals surface area (Å²) in [6.45, 7) is 2.48. The first-order valence-corrected chi connectivity index (χ1v) is 12.7. The summed E-state index contributed by atoms with van der Waals surface area (Å²) in [6.07, 6.45) is 1.71. The number of sulfonamides is 1. The van der Waals surface area contributed by atoms with E-state index in [9.17, 15) is 13.2 Å². The lowest BCUT2D eigenvalue weighted by Crippen LogP contribution is -2.27. The van der Waals surface area contributed by atoms with E-state index in [4.69, 9.17) is 0 Å². The fourth-order valence-corrected chi connectivity index (χ4v) is 5.93. The maximum Gasteiger partial charge on any atom is 0.279 e. The molecule has 0 atom stereocenters. The van der Waals surface area contributed by atoms with Gasteiger partial charge in [-0.15, -0.1) is 0 Å². The maximum atomic E-state index is 12.8. The molecule has 0 aliphatic heterocycles. The Morgan fingerprint density at radius 2 is 1.78 bits per heavy atom. The molecule has 0 radical (unpaired) electrons. The minimum atomic E-state index is -3.57. The third-order valence-electron chi connectivity index (χ3n) is 5.53. The van der Waals surface area contributed by atoms with Gasteiger partial charge in [0.05, 0.1) is 15.1 Å². The van der Waals surface area contributed by atoms with E-state index in [2.05, 4.69) is 23.2 Å². The van der Waals surface area contributed by atoms with Gasteiger partial charge in [0.1, 0.15) is 0 Å². The Kier molecular flexibility index (Phi) is 6.28. The number of carbonyl (C=O) groups excluding carboxylic acids is 1. The van der Waals surface area contributed by atoms with Crippen LogP contribution in [-0.2, 0) is 17.1 Å². The highest BCUT2D eigenvalue weighted by molar-refractivity contribution is 7.89. The van der Waals surface area contributed by atoms with Crippen LogP contribution in [0.25, 0.3) is 21.0 Å². The molecule has 4 aromatic rings. The number of fused-ring (bicyclic) bond motifs is 3. The summed E-state index contributed by atoms with van der Waals surface area (Å²) >= 11 is 1.47. The highest BCUT2D eigenvalue weighted by atomic mass is 32.2. The van der Waals surface area contributed by atoms with Crippen LogP contribution in [0.3, 0.4) is 0 Å². The molecule has 0 aliphatic carbocycles. The van der Waals surface area contributed by atoms with Crippen LogP contribution in [0.2, 0.25) is 0 Å². The smallest absolute Gasteiger partial charge is 0.279 e. The standard InChI is InChI=1S/C24H25N3O3S2/c1-4-5-16-26(2)32(29,30)19-13-10-18(11-14-19)23(28)25-24-27(3)21-15-12-17-8-6-7-9-20(17)22(21)31-24/h6-15H,4-5,16H2,1-3H3. The van der Waals surface area contributed by atoms with Crippen molar-refractivity contribution < 1.29 is 13.2 Å². The number of thiazole rings is 1. The van der Waals surface area contributed by atoms with Crippen molar-refractivity contribution in [3.05, 3.63) is 71.0 Å². The Morgan fingerprint density at radius 1 is 1.06 bits per heavy atom. The third-order valence-corrected chi connectivity index (χ3v) is 8.59. The van der Waals surface area contributed by atoms with Gasteiger partial charge < -0.3 is 4.57 Å². The molecule has 0 aliphatic rings. The number of aromatic nitrogens is 1. The van der Waals surface area contributed by atoms with E-state index in [0.29, 0.717) is 16.9 Å². The van der Waals surface area contributed by atoms with Crippen molar-refractivity contribution in [1.82, 2.24) is 8.87 Å². The van der Waals surface area contributed by atoms with E-state index in [1.165, 1.54) is 39.9 Å². The van der Waals surface area contributed by atoms with Gasteiger partial charge in [-0.2, -0.15) is 4.99 Å². The van der Waals surface area contributed by atoms with E-state index < -0.39 is 15.9 Å². The molecule has 0 spiro atoms. The van der Waals surface area contributed by atoms with Crippen LogP contribution < -0.4 is 4.80 Å². The average molecular weight is 468 g/mol. The Bertz CT molecular complexity index is 1470. The van der Waals surface area contributed by atoms with Crippen molar-refractivity contribution in [1.29, 1.82) is 0 Å². The molecule has 0 N–H and O–H groups in total. The predicted molar refractivity (Wildman–Crippen MR) is 129 cm³/mol. The van der Waals surface area contributed by atoms with Gasteiger partial charge >= 0.3 is 0 Å². The summed E-state index contributed by atoms with van der Waals surface area (Å²) in [6, 6.07) is 18.2. The molecule has 0 bridgehead atoms. The number of carbonyl (C=O) groups is 1. The second-order valence-corrected chi connectivity index (χ2v) is 10.7. The molecule has 8 heteroatoms. The van der Waals surface area contributed by atoms with E-state index in [1.54, 1.807) is 7.05 Å². The summed E-state index contributed by atoms with van der Waals surface area (Å²) in [7, 11) is -0.104. The third kappa shape index (κ3) is 4.13. The van der Waals surface area contributed by atoms with E-state index >= 15 is 0 Å². The van der Waals surface area contributed by atoms with E-state index in [-0.39, 0.29) is 4.90 Å². The Labute approximate surface area is 191 Å². The zero-order valence-electron chi connectivity index (χ0n) is 18.3. The van der Waals surface area contributed by atoms with Crippen LogP contribution in [-0.4, -0.2) is 36.8 Å². The van der Waals surface area contributed by atoms with Crippen molar-refractivity contribution in [2.24, 2.45) is 12.0 Å². The zero-order valence-corrected chi connectivity index (χ0v) is 19.9. The quantitative estimate of drug-likeness (QED) is 0.417. The van der Waals surface area contributed by atoms with Gasteiger partial charge in [-0.05, 0) is 42.1 Å². The highest BCUT2D eigenvalue weighted by Crippen LogP contribution is 2.27. The average Bonchev–Trinajstić information content (AvgIpc) is 3.13. The SMILES string of the molecule is CCCCN(C)S(=O)(=O)c1ccc(C(=O)N=c2sc3c4ccccc4ccc3n2C)cc1. The van der Waals surface area contributed by atoms with Crippen LogP contribution in [0.4, 0.5) is 0 Å². The van der Waals surface area contributed by atoms with Crippen molar-refractivity contribution in [2.45, 2.75) is 24.7 Å². The molecule has 0 saturated carbocycles. The summed E-state index contributed by atoms with van der Waals surface area (Å²) in [5, 5.41) is 2.27. The number of aryl methyl sites for hydroxylation is 1. The number of unbranched alkanes of at least 4 members (excludes halogenated alkanes) is 1. The van der Waals surface area contributed by atoms with Crippen LogP contribution in [0.15, 0.2) is 70.6 Å². The molecule has 1 aromatic heterocycles. The molecule has 166 valence electrons. The van der Waals surface area contributed by atoms with Crippen molar-refractivity contribution in [3.8, 4) is 0 Å². The topological polar surface area (TPSA) is 71.7 Å². The number of hydrogen-bond acceptors (Lipinski definition) is 4. The minimum Gasteiger partial charge on any atom is -0.319 e. The zero-order chi connectivity index (χ0) is 22.9. The summed E-state index contributed by atoms with van der Waals surface area (Å²) < 4.78 is 29.7. The summed E-state index contributed by atoms with van der Waals surface area (Å²) in [5.74, 6) is -0.403. The van der Waals surface area contributed by atoms with Crippen LogP contribution >= 0.6 is 11.3 Å². The fourth-order valence-electron chi connectivity index (χ4n) is 3.57. The van der Waals surface area contributed by atoms with Gasteiger partial charge in [-0.25, -0.2) is 12.7 Å². The van der Waals surface area contributed by atoms with Crippen LogP contribution in [0.5, 0.6) is 0 Å². The number of amides is 1. The largest absolute Gasteiger partial charge is 0.319 e. The monoisotopic (exact) mass is 467 g/mol. The van der Waals surface area contributed by atoms with Crippen LogP contribution in [0, 0.1) is 0 Å². The first-order chi connectivity index (χ1) is 15.3. The first kappa shape index (κ1) is 22.4. The summed E-state index contributed by atoms with van der Waals surface area (Å²) in [4.78, 5) is 17.9. The molecule has 0 saturated heterocycles. The predicted octanol–water partition coefficient (Wildman–Crippen LogP) is 4.55. The fraction of sp³-hybridized carbons (Fsp3) is 0.250. The first-order valence-electron chi connectivity index (χ1n) is 10.5. The number of benzene rings is 3. The molecule has 3 aromatic carbocycles. The molecule has 1 amide bonds. The molecule has 0 unspecified atom stereocenters. The van der Waals surface area contributed by atoms with Crippen molar-refractivity contribution in [2.75, 3.05) is 13.6 Å². The van der Waals surface area contributed by atoms with Gasteiger partial charge in [-0.1, -0.05) is 55.0 Å². The maximum absolute atomic E-state index is 12.8. The molecule has 0 fully saturated rings. The molecule has 4 rings (SSSR count). The highest BCUT2D eigenvalue weighted by Gasteiger charge is 2.20. The van der Waals surface area contributed by atoms with E-state index in [1.807, 2.05) is 36.7 Å². The lowest BCUT2D eigenvalue weighted by atomic mass is 10.1. The Morgan fingerprint density at radius 3 is 2.50 bits per heavy atom. The number of rotatable bonds is 6.